The van der Waals surface area contributed by atoms with Gasteiger partial charge in [0.1, 0.15) is 6.04 Å². The van der Waals surface area contributed by atoms with Crippen molar-refractivity contribution in [1.82, 2.24) is 10.2 Å². The highest BCUT2D eigenvalue weighted by molar-refractivity contribution is 5.87. The van der Waals surface area contributed by atoms with Gasteiger partial charge in [0, 0.05) is 20.5 Å². The van der Waals surface area contributed by atoms with Gasteiger partial charge < -0.3 is 15.3 Å². The lowest BCUT2D eigenvalue weighted by atomic mass is 10.0. The lowest BCUT2D eigenvalue weighted by Crippen LogP contribution is -2.47. The van der Waals surface area contributed by atoms with Crippen molar-refractivity contribution in [3.63, 3.8) is 0 Å². The molecular weight excluding hydrogens is 232 g/mol. The number of likely N-dealkylation sites (N-methyl/N-ethyl adjacent to an activating group) is 1. The fourth-order valence-electron chi connectivity index (χ4n) is 1.61. The van der Waals surface area contributed by atoms with E-state index in [4.69, 9.17) is 5.11 Å². The van der Waals surface area contributed by atoms with Crippen LogP contribution in [0.5, 0.6) is 0 Å². The maximum absolute atomic E-state index is 11.9. The minimum atomic E-state index is -0.496. The Morgan fingerprint density at radius 3 is 2.17 bits per heavy atom. The molecule has 5 heteroatoms. The summed E-state index contributed by atoms with van der Waals surface area (Å²) in [5.41, 5.74) is 0. The number of carbonyl (C=O) groups is 2. The number of nitrogens with one attached hydrogen (secondary N) is 1. The average Bonchev–Trinajstić information content (AvgIpc) is 2.23. The largest absolute Gasteiger partial charge is 0.393 e. The van der Waals surface area contributed by atoms with Gasteiger partial charge in [-0.1, -0.05) is 13.8 Å². The predicted octanol–water partition coefficient (Wildman–Crippen LogP) is 0.766. The van der Waals surface area contributed by atoms with Gasteiger partial charge in [0.2, 0.25) is 11.8 Å². The summed E-state index contributed by atoms with van der Waals surface area (Å²) in [6.07, 6.45) is 0.782. The van der Waals surface area contributed by atoms with Crippen molar-refractivity contribution >= 4 is 11.8 Å². The molecule has 0 aromatic carbocycles. The standard InChI is InChI=1S/C13H26N2O3/c1-9(2)8-11(13(18)15(4)5)14-12(17)7-6-10(3)16/h9-11,16H,6-8H2,1-5H3,(H,14,17). The van der Waals surface area contributed by atoms with Crippen LogP contribution in [0.3, 0.4) is 0 Å². The number of hydrogen-bond donors (Lipinski definition) is 2. The van der Waals surface area contributed by atoms with E-state index in [1.165, 1.54) is 4.90 Å². The predicted molar refractivity (Wildman–Crippen MR) is 71.0 cm³/mol. The van der Waals surface area contributed by atoms with E-state index in [1.807, 2.05) is 13.8 Å². The van der Waals surface area contributed by atoms with E-state index < -0.39 is 12.1 Å². The Kier molecular flexibility index (Phi) is 7.59. The van der Waals surface area contributed by atoms with Gasteiger partial charge >= 0.3 is 0 Å². The molecule has 5 nitrogen and oxygen atoms in total. The molecule has 0 aliphatic carbocycles. The summed E-state index contributed by atoms with van der Waals surface area (Å²) in [5.74, 6) is 0.0572. The van der Waals surface area contributed by atoms with Gasteiger partial charge in [-0.3, -0.25) is 9.59 Å². The highest BCUT2D eigenvalue weighted by atomic mass is 16.3. The fourth-order valence-corrected chi connectivity index (χ4v) is 1.61. The van der Waals surface area contributed by atoms with Crippen LogP contribution >= 0.6 is 0 Å². The van der Waals surface area contributed by atoms with Gasteiger partial charge in [-0.15, -0.1) is 0 Å². The Balaban J connectivity index is 4.40. The van der Waals surface area contributed by atoms with Gasteiger partial charge in [0.25, 0.3) is 0 Å². The summed E-state index contributed by atoms with van der Waals surface area (Å²) >= 11 is 0. The highest BCUT2D eigenvalue weighted by Crippen LogP contribution is 2.07. The normalized spacial score (nSPS) is 14.2. The minimum absolute atomic E-state index is 0.0888. The van der Waals surface area contributed by atoms with E-state index in [2.05, 4.69) is 5.32 Å². The van der Waals surface area contributed by atoms with Gasteiger partial charge in [-0.25, -0.2) is 0 Å². The van der Waals surface area contributed by atoms with Crippen LogP contribution in [0.25, 0.3) is 0 Å². The summed E-state index contributed by atoms with van der Waals surface area (Å²) in [6.45, 7) is 5.67. The monoisotopic (exact) mass is 258 g/mol. The molecule has 18 heavy (non-hydrogen) atoms. The molecule has 0 radical (unpaired) electrons. The smallest absolute Gasteiger partial charge is 0.244 e. The van der Waals surface area contributed by atoms with Crippen molar-refractivity contribution < 1.29 is 14.7 Å². The van der Waals surface area contributed by atoms with Crippen LogP contribution in [0, 0.1) is 5.92 Å². The molecule has 2 N–H and O–H groups in total. The maximum atomic E-state index is 11.9. The average molecular weight is 258 g/mol. The summed E-state index contributed by atoms with van der Waals surface area (Å²) < 4.78 is 0. The van der Waals surface area contributed by atoms with Crippen LogP contribution in [0.4, 0.5) is 0 Å². The molecular formula is C13H26N2O3. The number of nitrogens with zero attached hydrogens (tertiary/aromatic N) is 1. The molecule has 0 rings (SSSR count). The second-order valence-corrected chi connectivity index (χ2v) is 5.37. The summed E-state index contributed by atoms with van der Waals surface area (Å²) in [4.78, 5) is 25.1. The zero-order valence-corrected chi connectivity index (χ0v) is 12.1. The lowest BCUT2D eigenvalue weighted by Gasteiger charge is -2.23. The van der Waals surface area contributed by atoms with E-state index in [1.54, 1.807) is 21.0 Å². The lowest BCUT2D eigenvalue weighted by molar-refractivity contribution is -0.135. The Morgan fingerprint density at radius 2 is 1.78 bits per heavy atom. The summed E-state index contributed by atoms with van der Waals surface area (Å²) in [5, 5.41) is 11.9. The molecule has 0 aliphatic heterocycles. The molecule has 0 bridgehead atoms. The van der Waals surface area contributed by atoms with Crippen molar-refractivity contribution in [2.45, 2.75) is 52.2 Å². The Hall–Kier alpha value is -1.10. The van der Waals surface area contributed by atoms with Crippen LogP contribution in [0.2, 0.25) is 0 Å². The van der Waals surface area contributed by atoms with Crippen molar-refractivity contribution in [3.8, 4) is 0 Å². The highest BCUT2D eigenvalue weighted by Gasteiger charge is 2.23. The summed E-state index contributed by atoms with van der Waals surface area (Å²) in [6, 6.07) is -0.471. The topological polar surface area (TPSA) is 69.6 Å². The molecule has 0 aromatic heterocycles. The fraction of sp³-hybridized carbons (Fsp3) is 0.846. The first kappa shape index (κ1) is 16.9. The van der Waals surface area contributed by atoms with Crippen LogP contribution in [-0.2, 0) is 9.59 Å². The first-order chi connectivity index (χ1) is 8.23. The van der Waals surface area contributed by atoms with Crippen molar-refractivity contribution in [3.05, 3.63) is 0 Å². The van der Waals surface area contributed by atoms with Gasteiger partial charge in [-0.2, -0.15) is 0 Å². The first-order valence-corrected chi connectivity index (χ1v) is 6.42. The van der Waals surface area contributed by atoms with E-state index in [0.29, 0.717) is 18.8 Å². The molecule has 106 valence electrons. The van der Waals surface area contributed by atoms with Crippen molar-refractivity contribution in [1.29, 1.82) is 0 Å². The Bertz CT molecular complexity index is 275. The quantitative estimate of drug-likeness (QED) is 0.708. The third kappa shape index (κ3) is 7.27. The zero-order chi connectivity index (χ0) is 14.3. The van der Waals surface area contributed by atoms with Crippen LogP contribution in [0.15, 0.2) is 0 Å². The number of carbonyl (C=O) groups excluding carboxylic acids is 2. The molecule has 0 spiro atoms. The zero-order valence-electron chi connectivity index (χ0n) is 12.1. The maximum Gasteiger partial charge on any atom is 0.244 e. The molecule has 2 atom stereocenters. The van der Waals surface area contributed by atoms with Crippen LogP contribution in [-0.4, -0.2) is 48.1 Å². The molecule has 0 heterocycles. The van der Waals surface area contributed by atoms with Gasteiger partial charge in [0.05, 0.1) is 6.10 Å². The summed E-state index contributed by atoms with van der Waals surface area (Å²) in [7, 11) is 3.36. The van der Waals surface area contributed by atoms with Crippen molar-refractivity contribution in [2.75, 3.05) is 14.1 Å². The third-order valence-corrected chi connectivity index (χ3v) is 2.57. The molecule has 0 aromatic rings. The third-order valence-electron chi connectivity index (χ3n) is 2.57. The van der Waals surface area contributed by atoms with E-state index >= 15 is 0 Å². The minimum Gasteiger partial charge on any atom is -0.393 e. The second-order valence-electron chi connectivity index (χ2n) is 5.37. The van der Waals surface area contributed by atoms with E-state index in [0.717, 1.165) is 0 Å². The number of amides is 2. The second kappa shape index (κ2) is 8.08. The number of aliphatic hydroxyl groups excluding tert-OH is 1. The van der Waals surface area contributed by atoms with E-state index in [-0.39, 0.29) is 18.2 Å². The number of aliphatic hydroxyl groups is 1. The van der Waals surface area contributed by atoms with Crippen molar-refractivity contribution in [2.24, 2.45) is 5.92 Å². The molecule has 0 fully saturated rings. The molecule has 2 unspecified atom stereocenters. The van der Waals surface area contributed by atoms with Gasteiger partial charge in [0.15, 0.2) is 0 Å². The molecule has 0 saturated carbocycles. The number of rotatable bonds is 7. The molecule has 2 amide bonds. The van der Waals surface area contributed by atoms with Crippen LogP contribution < -0.4 is 5.32 Å². The molecule has 0 saturated heterocycles. The molecule has 0 aliphatic rings. The van der Waals surface area contributed by atoms with E-state index in [9.17, 15) is 9.59 Å². The Morgan fingerprint density at radius 1 is 1.22 bits per heavy atom. The van der Waals surface area contributed by atoms with Gasteiger partial charge in [-0.05, 0) is 25.7 Å². The number of hydrogen-bond acceptors (Lipinski definition) is 3. The Labute approximate surface area is 110 Å². The first-order valence-electron chi connectivity index (χ1n) is 6.42. The van der Waals surface area contributed by atoms with Crippen LogP contribution in [0.1, 0.15) is 40.0 Å². The SMILES string of the molecule is CC(C)CC(NC(=O)CCC(C)O)C(=O)N(C)C.